The van der Waals surface area contributed by atoms with Crippen LogP contribution in [-0.2, 0) is 19.4 Å². The van der Waals surface area contributed by atoms with Crippen LogP contribution < -0.4 is 0 Å². The third-order valence-corrected chi connectivity index (χ3v) is 4.20. The Hall–Kier alpha value is -0.840. The highest BCUT2D eigenvalue weighted by molar-refractivity contribution is 7.91. The van der Waals surface area contributed by atoms with Crippen molar-refractivity contribution in [2.45, 2.75) is 19.8 Å². The third-order valence-electron chi connectivity index (χ3n) is 2.36. The molecule has 0 saturated carbocycles. The monoisotopic (exact) mass is 232 g/mol. The molecule has 0 aromatic rings. The second kappa shape index (κ2) is 5.30. The fourth-order valence-corrected chi connectivity index (χ4v) is 3.43. The first-order valence-electron chi connectivity index (χ1n) is 5.00. The predicted octanol–water partition coefficient (Wildman–Crippen LogP) is 0.931. The molecule has 1 saturated heterocycles. The van der Waals surface area contributed by atoms with Crippen LogP contribution in [0, 0.1) is 5.92 Å². The molecule has 1 unspecified atom stereocenters. The van der Waals surface area contributed by atoms with Gasteiger partial charge in [0, 0.05) is 6.42 Å². The molecule has 0 aliphatic carbocycles. The van der Waals surface area contributed by atoms with Gasteiger partial charge in [-0.05, 0) is 19.3 Å². The van der Waals surface area contributed by atoms with Gasteiger partial charge in [-0.2, -0.15) is 0 Å². The predicted molar refractivity (Wildman–Crippen MR) is 57.2 cm³/mol. The Kier molecular flexibility index (Phi) is 4.32. The normalized spacial score (nSPS) is 24.5. The Balaban J connectivity index is 2.28. The van der Waals surface area contributed by atoms with E-state index in [1.165, 1.54) is 0 Å². The maximum Gasteiger partial charge on any atom is 0.306 e. The Bertz CT molecular complexity index is 342. The molecule has 0 spiro atoms. The van der Waals surface area contributed by atoms with Gasteiger partial charge in [-0.25, -0.2) is 8.42 Å². The largest absolute Gasteiger partial charge is 0.461 e. The number of hydrogen-bond acceptors (Lipinski definition) is 4. The lowest BCUT2D eigenvalue weighted by Crippen LogP contribution is -2.13. The van der Waals surface area contributed by atoms with Crippen molar-refractivity contribution in [2.24, 2.45) is 5.92 Å². The molecule has 0 bridgehead atoms. The van der Waals surface area contributed by atoms with Gasteiger partial charge in [-0.15, -0.1) is 0 Å². The van der Waals surface area contributed by atoms with Gasteiger partial charge in [0.15, 0.2) is 9.84 Å². The van der Waals surface area contributed by atoms with Gasteiger partial charge in [0.25, 0.3) is 0 Å². The molecule has 1 aliphatic rings. The molecule has 1 aliphatic heterocycles. The van der Waals surface area contributed by atoms with Crippen LogP contribution in [0.1, 0.15) is 19.8 Å². The maximum atomic E-state index is 11.2. The van der Waals surface area contributed by atoms with Crippen molar-refractivity contribution >= 4 is 15.8 Å². The van der Waals surface area contributed by atoms with Crippen LogP contribution in [0.3, 0.4) is 0 Å². The van der Waals surface area contributed by atoms with Crippen LogP contribution in [0.2, 0.25) is 0 Å². The van der Waals surface area contributed by atoms with Crippen molar-refractivity contribution in [3.8, 4) is 0 Å². The van der Waals surface area contributed by atoms with E-state index in [1.54, 1.807) is 12.2 Å². The Morgan fingerprint density at radius 2 is 2.27 bits per heavy atom. The molecule has 5 heteroatoms. The van der Waals surface area contributed by atoms with E-state index in [-0.39, 0.29) is 36.4 Å². The van der Waals surface area contributed by atoms with Crippen molar-refractivity contribution in [3.63, 3.8) is 0 Å². The first-order valence-corrected chi connectivity index (χ1v) is 6.83. The van der Waals surface area contributed by atoms with E-state index in [0.29, 0.717) is 6.42 Å². The summed E-state index contributed by atoms with van der Waals surface area (Å²) >= 11 is 0. The minimum Gasteiger partial charge on any atom is -0.461 e. The van der Waals surface area contributed by atoms with Crippen LogP contribution in [-0.4, -0.2) is 32.5 Å². The Morgan fingerprint density at radius 1 is 1.53 bits per heavy atom. The summed E-state index contributed by atoms with van der Waals surface area (Å²) in [4.78, 5) is 11.2. The van der Waals surface area contributed by atoms with E-state index in [0.717, 1.165) is 0 Å². The molecular weight excluding hydrogens is 216 g/mol. The molecule has 86 valence electrons. The summed E-state index contributed by atoms with van der Waals surface area (Å²) in [5.74, 6) is -0.0192. The van der Waals surface area contributed by atoms with Crippen molar-refractivity contribution in [1.29, 1.82) is 0 Å². The lowest BCUT2D eigenvalue weighted by atomic mass is 10.1. The number of ether oxygens (including phenoxy) is 1. The van der Waals surface area contributed by atoms with Crippen LogP contribution in [0.25, 0.3) is 0 Å². The number of rotatable bonds is 4. The van der Waals surface area contributed by atoms with E-state index < -0.39 is 9.84 Å². The topological polar surface area (TPSA) is 60.4 Å². The fourth-order valence-electron chi connectivity index (χ4n) is 1.56. The Morgan fingerprint density at radius 3 is 2.80 bits per heavy atom. The van der Waals surface area contributed by atoms with E-state index in [1.807, 2.05) is 6.92 Å². The second-order valence-electron chi connectivity index (χ2n) is 3.73. The summed E-state index contributed by atoms with van der Waals surface area (Å²) in [7, 11) is -2.89. The van der Waals surface area contributed by atoms with Gasteiger partial charge in [-0.3, -0.25) is 4.79 Å². The van der Waals surface area contributed by atoms with E-state index >= 15 is 0 Å². The summed E-state index contributed by atoms with van der Waals surface area (Å²) in [6.07, 6.45) is 4.34. The molecule has 1 rings (SSSR count). The van der Waals surface area contributed by atoms with Crippen molar-refractivity contribution in [3.05, 3.63) is 12.2 Å². The number of esters is 1. The number of carbonyl (C=O) groups is 1. The third kappa shape index (κ3) is 4.46. The zero-order valence-electron chi connectivity index (χ0n) is 8.81. The first kappa shape index (κ1) is 12.2. The summed E-state index contributed by atoms with van der Waals surface area (Å²) < 4.78 is 27.1. The van der Waals surface area contributed by atoms with E-state index in [2.05, 4.69) is 0 Å². The molecule has 0 radical (unpaired) electrons. The zero-order valence-corrected chi connectivity index (χ0v) is 9.63. The number of allylic oxidation sites excluding steroid dienone is 1. The van der Waals surface area contributed by atoms with E-state index in [4.69, 9.17) is 4.74 Å². The molecule has 0 aromatic carbocycles. The minimum atomic E-state index is -2.89. The van der Waals surface area contributed by atoms with Gasteiger partial charge in [0.1, 0.15) is 6.61 Å². The second-order valence-corrected chi connectivity index (χ2v) is 5.95. The lowest BCUT2D eigenvalue weighted by molar-refractivity contribution is -0.143. The van der Waals surface area contributed by atoms with Crippen LogP contribution >= 0.6 is 0 Å². The fraction of sp³-hybridized carbons (Fsp3) is 0.700. The highest BCUT2D eigenvalue weighted by atomic mass is 32.2. The molecule has 1 heterocycles. The smallest absolute Gasteiger partial charge is 0.306 e. The number of hydrogen-bond donors (Lipinski definition) is 0. The quantitative estimate of drug-likeness (QED) is 0.534. The highest BCUT2D eigenvalue weighted by Gasteiger charge is 2.29. The maximum absolute atomic E-state index is 11.2. The van der Waals surface area contributed by atoms with Gasteiger partial charge in [0.2, 0.25) is 0 Å². The van der Waals surface area contributed by atoms with Crippen LogP contribution in [0.4, 0.5) is 0 Å². The molecular formula is C10H16O4S. The standard InChI is InChI=1S/C10H16O4S/c1-2-3-5-14-10(11)7-9-4-6-15(12,13)8-9/h2-3,9H,4-8H2,1H3. The van der Waals surface area contributed by atoms with Crippen molar-refractivity contribution < 1.29 is 17.9 Å². The summed E-state index contributed by atoms with van der Waals surface area (Å²) in [5.41, 5.74) is 0. The Labute approximate surface area is 90.2 Å². The van der Waals surface area contributed by atoms with Crippen molar-refractivity contribution in [1.82, 2.24) is 0 Å². The summed E-state index contributed by atoms with van der Waals surface area (Å²) in [5, 5.41) is 0. The van der Waals surface area contributed by atoms with Gasteiger partial charge in [0.05, 0.1) is 11.5 Å². The average molecular weight is 232 g/mol. The average Bonchev–Trinajstić information content (AvgIpc) is 2.46. The zero-order chi connectivity index (χ0) is 11.3. The first-order chi connectivity index (χ1) is 7.03. The summed E-state index contributed by atoms with van der Waals surface area (Å²) in [6, 6.07) is 0. The summed E-state index contributed by atoms with van der Waals surface area (Å²) in [6.45, 7) is 2.12. The minimum absolute atomic E-state index is 0.0480. The number of carbonyl (C=O) groups excluding carboxylic acids is 1. The molecule has 0 aromatic heterocycles. The molecule has 0 N–H and O–H groups in total. The van der Waals surface area contributed by atoms with Crippen LogP contribution in [0.5, 0.6) is 0 Å². The van der Waals surface area contributed by atoms with Gasteiger partial charge < -0.3 is 4.74 Å². The number of sulfone groups is 1. The van der Waals surface area contributed by atoms with E-state index in [9.17, 15) is 13.2 Å². The highest BCUT2D eigenvalue weighted by Crippen LogP contribution is 2.21. The molecule has 1 fully saturated rings. The molecule has 1 atom stereocenters. The van der Waals surface area contributed by atoms with Crippen molar-refractivity contribution in [2.75, 3.05) is 18.1 Å². The van der Waals surface area contributed by atoms with Gasteiger partial charge in [-0.1, -0.05) is 12.2 Å². The van der Waals surface area contributed by atoms with Crippen LogP contribution in [0.15, 0.2) is 12.2 Å². The molecule has 0 amide bonds. The lowest BCUT2D eigenvalue weighted by Gasteiger charge is -2.06. The SMILES string of the molecule is CC=CCOC(=O)CC1CCS(=O)(=O)C1. The molecule has 4 nitrogen and oxygen atoms in total. The molecule has 15 heavy (non-hydrogen) atoms. The van der Waals surface area contributed by atoms with Gasteiger partial charge >= 0.3 is 5.97 Å².